The molecule has 0 aliphatic heterocycles. The van der Waals surface area contributed by atoms with Crippen molar-refractivity contribution in [1.82, 2.24) is 5.32 Å². The molecular weight excluding hydrogens is 761 g/mol. The van der Waals surface area contributed by atoms with Crippen LogP contribution in [-0.4, -0.2) is 68.0 Å². The Labute approximate surface area is 396 Å². The van der Waals surface area contributed by atoms with E-state index in [2.05, 4.69) is 21.3 Å². The summed E-state index contributed by atoms with van der Waals surface area (Å²) in [4.78, 5) is 69.4. The van der Waals surface area contributed by atoms with E-state index in [0.29, 0.717) is 37.4 Å². The molecule has 0 fully saturated rings. The zero-order valence-corrected chi connectivity index (χ0v) is 40.8. The van der Waals surface area contributed by atoms with Gasteiger partial charge in [0, 0.05) is 32.0 Å². The first-order valence-corrected chi connectivity index (χ1v) is 13.1. The number of ketones is 3. The minimum atomic E-state index is -0.629. The quantitative estimate of drug-likeness (QED) is 0.103. The number of rotatable bonds is 20. The number of nitrogens with zero attached hydrogens (tertiary/aromatic N) is 3. The Bertz CT molecular complexity index is 979. The Morgan fingerprint density at radius 3 is 2.10 bits per heavy atom. The number of urea groups is 1. The number of Topliss-reactive ketones (excluding diaryl/α,β-unsaturated/α-hetero) is 3. The summed E-state index contributed by atoms with van der Waals surface area (Å²) in [6.07, 6.45) is 2.58. The number of carbonyl (C=O) groups excluding carboxylic acids is 6. The van der Waals surface area contributed by atoms with Crippen LogP contribution in [0.25, 0.3) is 16.0 Å². The molecule has 1 atom stereocenters. The third kappa shape index (κ3) is 27.0. The Hall–Kier alpha value is 1.82. The van der Waals surface area contributed by atoms with E-state index in [1.165, 1.54) is 6.92 Å². The van der Waals surface area contributed by atoms with Gasteiger partial charge < -0.3 is 35.6 Å². The fraction of sp³-hybridized carbons (Fsp3) is 0.571. The summed E-state index contributed by atoms with van der Waals surface area (Å²) >= 11 is 0. The van der Waals surface area contributed by atoms with Gasteiger partial charge in [0.25, 0.3) is 0 Å². The molecule has 1 aromatic carbocycles. The molecule has 42 heavy (non-hydrogen) atoms. The van der Waals surface area contributed by atoms with Crippen molar-refractivity contribution in [3.63, 3.8) is 0 Å². The Morgan fingerprint density at radius 2 is 1.48 bits per heavy atom. The van der Waals surface area contributed by atoms with Crippen LogP contribution >= 0.6 is 0 Å². The van der Waals surface area contributed by atoms with Crippen LogP contribution in [0, 0.1) is 5.92 Å². The number of hydrogen-bond donors (Lipinski definition) is 1. The van der Waals surface area contributed by atoms with Crippen LogP contribution in [0.4, 0.5) is 10.5 Å². The topological polar surface area (TPSA) is 166 Å². The van der Waals surface area contributed by atoms with Crippen molar-refractivity contribution in [3.05, 3.63) is 45.8 Å². The molecule has 1 aromatic rings. The summed E-state index contributed by atoms with van der Waals surface area (Å²) < 4.78 is 5.36. The van der Waals surface area contributed by atoms with Gasteiger partial charge >= 0.3 is 175 Å². The van der Waals surface area contributed by atoms with Crippen LogP contribution < -0.4 is 180 Å². The Balaban J connectivity index is -0.00000507. The third-order valence-electron chi connectivity index (χ3n) is 5.60. The maximum atomic E-state index is 12.0. The number of amides is 4. The monoisotopic (exact) mass is 798 g/mol. The smallest absolute Gasteiger partial charge is 0.651 e. The molecule has 0 aliphatic rings. The molecule has 4 amide bonds. The molecule has 0 aromatic heterocycles. The van der Waals surface area contributed by atoms with Crippen LogP contribution in [0.15, 0.2) is 24.3 Å². The second-order valence-corrected chi connectivity index (χ2v) is 9.31. The zero-order valence-electron chi connectivity index (χ0n) is 26.1. The Kier molecular flexibility index (Phi) is 34.6. The molecule has 216 valence electrons. The van der Waals surface area contributed by atoms with E-state index in [0.717, 1.165) is 19.3 Å². The second-order valence-electron chi connectivity index (χ2n) is 9.31. The van der Waals surface area contributed by atoms with Crippen molar-refractivity contribution in [3.8, 4) is 0 Å². The number of nitrogens with one attached hydrogen (secondary N) is 1. The largest absolute Gasteiger partial charge is 1.00 e. The van der Waals surface area contributed by atoms with Gasteiger partial charge in [-0.05, 0) is 38.8 Å². The number of benzene rings is 1. The molecule has 0 spiro atoms. The zero-order chi connectivity index (χ0) is 29.0. The van der Waals surface area contributed by atoms with Crippen LogP contribution in [0.3, 0.4) is 0 Å². The number of carbonyl (C=O) groups is 6. The van der Waals surface area contributed by atoms with Crippen molar-refractivity contribution in [2.75, 3.05) is 32.8 Å². The van der Waals surface area contributed by atoms with Gasteiger partial charge in [-0.15, -0.1) is 12.2 Å². The van der Waals surface area contributed by atoms with Crippen LogP contribution in [-0.2, 0) is 35.1 Å². The summed E-state index contributed by atoms with van der Waals surface area (Å²) in [5, 5.41) is 14.2. The van der Waals surface area contributed by atoms with Gasteiger partial charge in [0.2, 0.25) is 0 Å². The number of hydrogen-bond acceptors (Lipinski definition) is 7. The normalized spacial score (nSPS) is 10.5. The van der Waals surface area contributed by atoms with Gasteiger partial charge in [-0.3, -0.25) is 19.2 Å². The van der Waals surface area contributed by atoms with E-state index < -0.39 is 18.2 Å². The average Bonchev–Trinajstić information content (AvgIpc) is 2.85. The molecule has 1 unspecified atom stereocenters. The molecule has 1 N–H and O–H groups in total. The van der Waals surface area contributed by atoms with Crippen molar-refractivity contribution in [1.29, 1.82) is 0 Å². The molecule has 0 bridgehead atoms. The average molecular weight is 800 g/mol. The van der Waals surface area contributed by atoms with Crippen molar-refractivity contribution >= 4 is 40.9 Å². The molecule has 0 aliphatic carbocycles. The first kappa shape index (κ1) is 48.2. The Morgan fingerprint density at radius 1 is 0.810 bits per heavy atom. The predicted octanol–water partition coefficient (Wildman–Crippen LogP) is -4.50. The van der Waals surface area contributed by atoms with Crippen LogP contribution in [0.1, 0.15) is 64.9 Å². The molecule has 11 nitrogen and oxygen atoms in total. The summed E-state index contributed by atoms with van der Waals surface area (Å²) in [5.74, 6) is -1.37. The van der Waals surface area contributed by atoms with E-state index >= 15 is 0 Å². The molecule has 0 heterocycles. The minimum absolute atomic E-state index is 0. The van der Waals surface area contributed by atoms with Gasteiger partial charge in [0.1, 0.15) is 17.3 Å². The molecule has 1 rings (SSSR count). The van der Waals surface area contributed by atoms with E-state index in [9.17, 15) is 28.8 Å². The molecular formula is C28H39N4O7Rb3. The van der Waals surface area contributed by atoms with E-state index in [1.54, 1.807) is 31.2 Å². The van der Waals surface area contributed by atoms with Crippen molar-refractivity contribution in [2.45, 2.75) is 65.7 Å². The SMILES string of the molecule is CC(=O)CC(=O)Cc1ccc([N-]C(=O)CC(=O)[N-]CCOCCC[N-]C(=O)NCCCCC(C)C(C)=O)cc1.[Rb+].[Rb+].[Rb+]. The maximum Gasteiger partial charge on any atom is 1.00 e. The van der Waals surface area contributed by atoms with Gasteiger partial charge in [-0.1, -0.05) is 50.6 Å². The maximum absolute atomic E-state index is 12.0. The predicted molar refractivity (Wildman–Crippen MR) is 147 cm³/mol. The van der Waals surface area contributed by atoms with E-state index in [-0.39, 0.29) is 230 Å². The van der Waals surface area contributed by atoms with E-state index in [4.69, 9.17) is 4.74 Å². The van der Waals surface area contributed by atoms with Gasteiger partial charge in [-0.25, -0.2) is 0 Å². The number of ether oxygens (including phenoxy) is 1. The summed E-state index contributed by atoms with van der Waals surface area (Å²) in [7, 11) is 0. The van der Waals surface area contributed by atoms with Crippen molar-refractivity contribution < 1.29 is 208 Å². The van der Waals surface area contributed by atoms with Gasteiger partial charge in [0.15, 0.2) is 6.03 Å². The summed E-state index contributed by atoms with van der Waals surface area (Å²) in [6, 6.07) is 6.06. The van der Waals surface area contributed by atoms with Crippen LogP contribution in [0.5, 0.6) is 0 Å². The molecule has 0 saturated carbocycles. The third-order valence-corrected chi connectivity index (χ3v) is 5.60. The molecule has 0 saturated heterocycles. The standard InChI is InChI=1S/C28H42N4O7.3Rb/c1-20(22(3)34)7-4-5-12-30-28(38)31-13-6-15-39-16-14-29-26(36)19-27(37)32-24-10-8-23(9-11-24)18-25(35)17-21(2)33;;;/h8-11,20H,4-7,12-19H2,1-3H3,(H4,29,30,31,32,36,37,38);;;/q;3*+1/p-3. The second kappa shape index (κ2) is 30.2. The van der Waals surface area contributed by atoms with Crippen LogP contribution in [0.2, 0.25) is 0 Å². The van der Waals surface area contributed by atoms with Crippen molar-refractivity contribution in [2.24, 2.45) is 5.92 Å². The van der Waals surface area contributed by atoms with E-state index in [1.807, 2.05) is 6.92 Å². The van der Waals surface area contributed by atoms with Gasteiger partial charge in [0.05, 0.1) is 18.2 Å². The summed E-state index contributed by atoms with van der Waals surface area (Å²) in [6.45, 7) is 6.34. The fourth-order valence-corrected chi connectivity index (χ4v) is 3.34. The minimum Gasteiger partial charge on any atom is -0.651 e. The number of unbranched alkanes of at least 4 members (excludes halogenated alkanes) is 1. The molecule has 14 heteroatoms. The first-order chi connectivity index (χ1) is 18.6. The summed E-state index contributed by atoms with van der Waals surface area (Å²) in [5.41, 5.74) is 1.07. The fourth-order valence-electron chi connectivity index (χ4n) is 3.34. The molecule has 0 radical (unpaired) electrons. The first-order valence-electron chi connectivity index (χ1n) is 13.1. The van der Waals surface area contributed by atoms with Gasteiger partial charge in [-0.2, -0.15) is 0 Å².